The number of nitrogens with one attached hydrogen (secondary N) is 2. The van der Waals surface area contributed by atoms with E-state index in [4.69, 9.17) is 0 Å². The first-order valence-electron chi connectivity index (χ1n) is 13.6. The Labute approximate surface area is 221 Å². The van der Waals surface area contributed by atoms with Crippen LogP contribution in [-0.2, 0) is 4.79 Å². The predicted octanol–water partition coefficient (Wildman–Crippen LogP) is 6.69. The van der Waals surface area contributed by atoms with Crippen LogP contribution in [0.25, 0.3) is 17.0 Å². The van der Waals surface area contributed by atoms with Crippen molar-refractivity contribution >= 4 is 22.9 Å². The quantitative estimate of drug-likeness (QED) is 0.227. The lowest BCUT2D eigenvalue weighted by molar-refractivity contribution is -0.116. The topological polar surface area (TPSA) is 68.4 Å². The van der Waals surface area contributed by atoms with Crippen molar-refractivity contribution in [1.82, 2.24) is 15.2 Å². The molecule has 5 heteroatoms. The van der Waals surface area contributed by atoms with Crippen LogP contribution in [-0.4, -0.2) is 47.1 Å². The number of H-pyrrole nitrogens is 1. The lowest BCUT2D eigenvalue weighted by Crippen LogP contribution is -2.38. The average molecular weight is 500 g/mol. The normalized spacial score (nSPS) is 15.6. The van der Waals surface area contributed by atoms with Gasteiger partial charge in [-0.3, -0.25) is 4.79 Å². The highest BCUT2D eigenvalue weighted by atomic mass is 16.3. The van der Waals surface area contributed by atoms with E-state index < -0.39 is 0 Å². The van der Waals surface area contributed by atoms with E-state index in [0.29, 0.717) is 18.2 Å². The highest BCUT2D eigenvalue weighted by molar-refractivity contribution is 5.88. The van der Waals surface area contributed by atoms with Crippen LogP contribution in [0.3, 0.4) is 0 Å². The molecule has 0 atom stereocenters. The summed E-state index contributed by atoms with van der Waals surface area (Å²) in [5.41, 5.74) is 5.60. The van der Waals surface area contributed by atoms with Gasteiger partial charge in [0.2, 0.25) is 5.91 Å². The Morgan fingerprint density at radius 2 is 1.76 bits per heavy atom. The third kappa shape index (κ3) is 6.72. The smallest absolute Gasteiger partial charge is 0.244 e. The largest absolute Gasteiger partial charge is 0.507 e. The Bertz CT molecular complexity index is 1230. The summed E-state index contributed by atoms with van der Waals surface area (Å²) < 4.78 is 0. The number of para-hydroxylation sites is 1. The van der Waals surface area contributed by atoms with Gasteiger partial charge >= 0.3 is 0 Å². The van der Waals surface area contributed by atoms with Gasteiger partial charge in [-0.2, -0.15) is 0 Å². The summed E-state index contributed by atoms with van der Waals surface area (Å²) in [6.07, 6.45) is 11.7. The fourth-order valence-corrected chi connectivity index (χ4v) is 5.29. The molecule has 5 nitrogen and oxygen atoms in total. The number of carbonyl (C=O) groups is 1. The van der Waals surface area contributed by atoms with Crippen molar-refractivity contribution in [3.63, 3.8) is 0 Å². The minimum absolute atomic E-state index is 0.0743. The third-order valence-corrected chi connectivity index (χ3v) is 7.46. The molecule has 4 rings (SSSR count). The second kappa shape index (κ2) is 12.3. The molecule has 1 amide bonds. The van der Waals surface area contributed by atoms with E-state index in [2.05, 4.69) is 73.4 Å². The number of aromatic nitrogens is 1. The molecule has 1 aliphatic rings. The van der Waals surface area contributed by atoms with Crippen LogP contribution in [0.1, 0.15) is 80.5 Å². The van der Waals surface area contributed by atoms with Gasteiger partial charge in [0.15, 0.2) is 0 Å². The molecule has 1 aromatic heterocycles. The van der Waals surface area contributed by atoms with Gasteiger partial charge in [-0.25, -0.2) is 0 Å². The van der Waals surface area contributed by atoms with Crippen LogP contribution < -0.4 is 5.32 Å². The summed E-state index contributed by atoms with van der Waals surface area (Å²) in [4.78, 5) is 18.1. The Balaban J connectivity index is 1.21. The number of piperidine rings is 1. The Morgan fingerprint density at radius 3 is 2.43 bits per heavy atom. The van der Waals surface area contributed by atoms with Crippen molar-refractivity contribution in [2.45, 2.75) is 58.3 Å². The Hall–Kier alpha value is -3.31. The van der Waals surface area contributed by atoms with E-state index in [1.165, 1.54) is 16.5 Å². The maximum absolute atomic E-state index is 12.3. The number of hydrogen-bond acceptors (Lipinski definition) is 3. The van der Waals surface area contributed by atoms with Gasteiger partial charge in [0.05, 0.1) is 0 Å². The fourth-order valence-electron chi connectivity index (χ4n) is 5.29. The number of carbonyl (C=O) groups excluding carboxylic acids is 1. The van der Waals surface area contributed by atoms with Gasteiger partial charge in [-0.1, -0.05) is 64.1 Å². The summed E-state index contributed by atoms with van der Waals surface area (Å²) in [5.74, 6) is 1.41. The van der Waals surface area contributed by atoms with Gasteiger partial charge in [-0.05, 0) is 84.1 Å². The number of phenolic OH excluding ortho intramolecular Hbond substituents is 1. The number of hydrogen-bond donors (Lipinski definition) is 3. The zero-order chi connectivity index (χ0) is 26.4. The summed E-state index contributed by atoms with van der Waals surface area (Å²) in [6.45, 7) is 12.0. The molecule has 0 spiro atoms. The van der Waals surface area contributed by atoms with Crippen molar-refractivity contribution in [3.8, 4) is 5.75 Å². The SMILES string of the molecule is CC(C)c1cc(C=CC=CC(=O)NCCN2CCC(c3c[nH]c4ccccc34)CC2)cc(C(C)C)c1O. The molecule has 3 aromatic rings. The maximum Gasteiger partial charge on any atom is 0.244 e. The van der Waals surface area contributed by atoms with E-state index in [1.54, 1.807) is 12.2 Å². The highest BCUT2D eigenvalue weighted by Crippen LogP contribution is 2.35. The number of nitrogens with zero attached hydrogens (tertiary/aromatic N) is 1. The lowest BCUT2D eigenvalue weighted by Gasteiger charge is -2.31. The average Bonchev–Trinajstić information content (AvgIpc) is 3.31. The second-order valence-corrected chi connectivity index (χ2v) is 10.8. The van der Waals surface area contributed by atoms with Crippen LogP contribution >= 0.6 is 0 Å². The van der Waals surface area contributed by atoms with Gasteiger partial charge in [0, 0.05) is 36.3 Å². The van der Waals surface area contributed by atoms with Crippen LogP contribution in [0.15, 0.2) is 60.8 Å². The number of amides is 1. The van der Waals surface area contributed by atoms with Crippen LogP contribution in [0.2, 0.25) is 0 Å². The van der Waals surface area contributed by atoms with Crippen molar-refractivity contribution in [3.05, 3.63) is 83.1 Å². The third-order valence-electron chi connectivity index (χ3n) is 7.46. The van der Waals surface area contributed by atoms with Gasteiger partial charge < -0.3 is 20.3 Å². The number of rotatable bonds is 9. The number of benzene rings is 2. The summed E-state index contributed by atoms with van der Waals surface area (Å²) in [7, 11) is 0. The van der Waals surface area contributed by atoms with E-state index in [9.17, 15) is 9.90 Å². The molecule has 37 heavy (non-hydrogen) atoms. The first-order valence-corrected chi connectivity index (χ1v) is 13.6. The van der Waals surface area contributed by atoms with E-state index in [-0.39, 0.29) is 17.7 Å². The number of phenols is 1. The molecular weight excluding hydrogens is 458 g/mol. The number of aromatic amines is 1. The number of aromatic hydroxyl groups is 1. The molecule has 196 valence electrons. The minimum Gasteiger partial charge on any atom is -0.507 e. The first kappa shape index (κ1) is 26.7. The molecule has 1 aliphatic heterocycles. The number of allylic oxidation sites excluding steroid dienone is 2. The van der Waals surface area contributed by atoms with Crippen molar-refractivity contribution in [1.29, 1.82) is 0 Å². The van der Waals surface area contributed by atoms with Gasteiger partial charge in [0.25, 0.3) is 0 Å². The molecule has 3 N–H and O–H groups in total. The van der Waals surface area contributed by atoms with Crippen LogP contribution in [0.4, 0.5) is 0 Å². The molecule has 0 aliphatic carbocycles. The summed E-state index contributed by atoms with van der Waals surface area (Å²) in [6, 6.07) is 12.6. The van der Waals surface area contributed by atoms with Gasteiger partial charge in [-0.15, -0.1) is 0 Å². The number of likely N-dealkylation sites (tertiary alicyclic amines) is 1. The molecule has 0 bridgehead atoms. The molecule has 0 saturated carbocycles. The van der Waals surface area contributed by atoms with E-state index in [1.807, 2.05) is 24.3 Å². The molecule has 1 saturated heterocycles. The van der Waals surface area contributed by atoms with Crippen molar-refractivity contribution < 1.29 is 9.90 Å². The van der Waals surface area contributed by atoms with Crippen LogP contribution in [0, 0.1) is 0 Å². The molecule has 0 radical (unpaired) electrons. The summed E-state index contributed by atoms with van der Waals surface area (Å²) in [5, 5.41) is 14.9. The van der Waals surface area contributed by atoms with Crippen LogP contribution in [0.5, 0.6) is 5.75 Å². The highest BCUT2D eigenvalue weighted by Gasteiger charge is 2.22. The fraction of sp³-hybridized carbons (Fsp3) is 0.406. The maximum atomic E-state index is 12.3. The standard InChI is InChI=1S/C32H41N3O2/c1-22(2)27-19-24(20-28(23(3)4)32(27)37)9-5-8-12-31(36)33-15-18-35-16-13-25(14-17-35)29-21-34-30-11-7-6-10-26(29)30/h5-12,19-23,25,34,37H,13-18H2,1-4H3,(H,33,36). The zero-order valence-electron chi connectivity index (χ0n) is 22.6. The predicted molar refractivity (Wildman–Crippen MR) is 154 cm³/mol. The summed E-state index contributed by atoms with van der Waals surface area (Å²) >= 11 is 0. The number of fused-ring (bicyclic) bond motifs is 1. The Kier molecular flexibility index (Phi) is 8.88. The van der Waals surface area contributed by atoms with Crippen molar-refractivity contribution in [2.24, 2.45) is 0 Å². The Morgan fingerprint density at radius 1 is 1.08 bits per heavy atom. The molecule has 2 heterocycles. The van der Waals surface area contributed by atoms with E-state index in [0.717, 1.165) is 49.2 Å². The molecule has 1 fully saturated rings. The monoisotopic (exact) mass is 499 g/mol. The first-order chi connectivity index (χ1) is 17.8. The molecule has 0 unspecified atom stereocenters. The van der Waals surface area contributed by atoms with E-state index >= 15 is 0 Å². The second-order valence-electron chi connectivity index (χ2n) is 10.8. The van der Waals surface area contributed by atoms with Gasteiger partial charge in [0.1, 0.15) is 5.75 Å². The molecular formula is C32H41N3O2. The molecule has 2 aromatic carbocycles. The minimum atomic E-state index is -0.0743. The lowest BCUT2D eigenvalue weighted by atomic mass is 9.89. The zero-order valence-corrected chi connectivity index (χ0v) is 22.6. The van der Waals surface area contributed by atoms with Crippen molar-refractivity contribution in [2.75, 3.05) is 26.2 Å².